The van der Waals surface area contributed by atoms with Gasteiger partial charge in [0.1, 0.15) is 0 Å². The summed E-state index contributed by atoms with van der Waals surface area (Å²) in [4.78, 5) is 35.6. The predicted molar refractivity (Wildman–Crippen MR) is 105 cm³/mol. The largest absolute Gasteiger partial charge is 0.459 e. The third-order valence-corrected chi connectivity index (χ3v) is 7.85. The van der Waals surface area contributed by atoms with Crippen LogP contribution in [0.4, 0.5) is 0 Å². The summed E-state index contributed by atoms with van der Waals surface area (Å²) in [5.74, 6) is 0.667. The lowest BCUT2D eigenvalue weighted by molar-refractivity contribution is -0.180. The summed E-state index contributed by atoms with van der Waals surface area (Å²) in [5, 5.41) is 0. The summed E-state index contributed by atoms with van der Waals surface area (Å²) in [7, 11) is 0. The number of likely N-dealkylation sites (tertiary alicyclic amines) is 2. The molecular formula is C21H25N3O3S. The van der Waals surface area contributed by atoms with Crippen LogP contribution in [-0.4, -0.2) is 45.7 Å². The van der Waals surface area contributed by atoms with Gasteiger partial charge in [0.25, 0.3) is 5.91 Å². The summed E-state index contributed by atoms with van der Waals surface area (Å²) >= 11 is 1.69. The molecule has 0 aromatic carbocycles. The number of rotatable bonds is 3. The van der Waals surface area contributed by atoms with E-state index in [4.69, 9.17) is 4.42 Å². The molecule has 3 aliphatic rings. The van der Waals surface area contributed by atoms with Gasteiger partial charge in [0, 0.05) is 19.1 Å². The molecule has 1 saturated carbocycles. The third-order valence-electron chi connectivity index (χ3n) is 6.87. The smallest absolute Gasteiger partial charge is 0.289 e. The Labute approximate surface area is 168 Å². The molecule has 0 N–H and O–H groups in total. The Kier molecular flexibility index (Phi) is 4.30. The van der Waals surface area contributed by atoms with E-state index in [0.29, 0.717) is 24.8 Å². The lowest BCUT2D eigenvalue weighted by Gasteiger charge is -2.58. The predicted octanol–water partition coefficient (Wildman–Crippen LogP) is 3.79. The molecule has 148 valence electrons. The Balaban J connectivity index is 1.34. The summed E-state index contributed by atoms with van der Waals surface area (Å²) in [5.41, 5.74) is 2.77. The second kappa shape index (κ2) is 6.72. The van der Waals surface area contributed by atoms with Gasteiger partial charge in [0.05, 0.1) is 33.8 Å². The Morgan fingerprint density at radius 1 is 1.29 bits per heavy atom. The Hall–Kier alpha value is -2.15. The molecule has 2 aromatic rings. The van der Waals surface area contributed by atoms with E-state index in [-0.39, 0.29) is 23.4 Å². The molecule has 7 heteroatoms. The molecule has 1 spiro atoms. The molecule has 1 aliphatic carbocycles. The first-order chi connectivity index (χ1) is 13.6. The molecule has 0 radical (unpaired) electrons. The van der Waals surface area contributed by atoms with Crippen molar-refractivity contribution < 1.29 is 14.0 Å². The number of β-lactam (4-membered cyclic amide) rings is 1. The molecule has 2 amide bonds. The van der Waals surface area contributed by atoms with Crippen LogP contribution in [0.2, 0.25) is 0 Å². The van der Waals surface area contributed by atoms with Crippen LogP contribution in [0.3, 0.4) is 0 Å². The highest BCUT2D eigenvalue weighted by molar-refractivity contribution is 7.09. The zero-order chi connectivity index (χ0) is 19.3. The number of aromatic nitrogens is 1. The van der Waals surface area contributed by atoms with Gasteiger partial charge < -0.3 is 14.2 Å². The average Bonchev–Trinajstić information content (AvgIpc) is 3.47. The van der Waals surface area contributed by atoms with E-state index in [1.807, 2.05) is 10.4 Å². The van der Waals surface area contributed by atoms with E-state index in [1.54, 1.807) is 23.5 Å². The van der Waals surface area contributed by atoms with Crippen molar-refractivity contribution in [3.8, 4) is 0 Å². The monoisotopic (exact) mass is 399 g/mol. The van der Waals surface area contributed by atoms with Gasteiger partial charge in [0.15, 0.2) is 5.76 Å². The van der Waals surface area contributed by atoms with Crippen LogP contribution in [0, 0.1) is 12.3 Å². The number of carbonyl (C=O) groups excluding carboxylic acids is 2. The van der Waals surface area contributed by atoms with Gasteiger partial charge >= 0.3 is 0 Å². The number of thiazole rings is 1. The zero-order valence-corrected chi connectivity index (χ0v) is 16.9. The molecule has 3 fully saturated rings. The number of nitrogens with zero attached hydrogens (tertiary/aromatic N) is 3. The standard InChI is InChI=1S/C21H25N3O3S/c1-14-17(28-13-22-14)18-21(8-2-3-9-21)20(26)24(18)15-6-10-23(11-7-15)19(25)16-5-4-12-27-16/h4-5,12-13,15,18H,2-3,6-11H2,1H3. The molecule has 5 rings (SSSR count). The fourth-order valence-corrected chi connectivity index (χ4v) is 6.43. The molecular weight excluding hydrogens is 374 g/mol. The summed E-state index contributed by atoms with van der Waals surface area (Å²) in [6, 6.07) is 3.82. The Bertz CT molecular complexity index is 877. The fourth-order valence-electron chi connectivity index (χ4n) is 5.42. The minimum Gasteiger partial charge on any atom is -0.459 e. The highest BCUT2D eigenvalue weighted by Crippen LogP contribution is 2.61. The second-order valence-corrected chi connectivity index (χ2v) is 9.17. The van der Waals surface area contributed by atoms with E-state index >= 15 is 0 Å². The van der Waals surface area contributed by atoms with Crippen LogP contribution in [0.1, 0.15) is 65.7 Å². The Morgan fingerprint density at radius 3 is 2.64 bits per heavy atom. The molecule has 1 unspecified atom stereocenters. The van der Waals surface area contributed by atoms with Crippen LogP contribution in [0.5, 0.6) is 0 Å². The van der Waals surface area contributed by atoms with Gasteiger partial charge in [-0.1, -0.05) is 12.8 Å². The number of aryl methyl sites for hydroxylation is 1. The summed E-state index contributed by atoms with van der Waals surface area (Å²) in [6.07, 6.45) is 7.46. The molecule has 2 saturated heterocycles. The van der Waals surface area contributed by atoms with Gasteiger partial charge in [-0.05, 0) is 44.7 Å². The molecule has 1 atom stereocenters. The number of hydrogen-bond donors (Lipinski definition) is 0. The third kappa shape index (κ3) is 2.55. The lowest BCUT2D eigenvalue weighted by atomic mass is 9.67. The summed E-state index contributed by atoms with van der Waals surface area (Å²) in [6.45, 7) is 3.38. The molecule has 2 aliphatic heterocycles. The van der Waals surface area contributed by atoms with Crippen molar-refractivity contribution in [3.05, 3.63) is 40.2 Å². The van der Waals surface area contributed by atoms with Crippen LogP contribution >= 0.6 is 11.3 Å². The van der Waals surface area contributed by atoms with Crippen molar-refractivity contribution in [1.82, 2.24) is 14.8 Å². The van der Waals surface area contributed by atoms with Crippen molar-refractivity contribution >= 4 is 23.2 Å². The Morgan fingerprint density at radius 2 is 2.04 bits per heavy atom. The maximum atomic E-state index is 13.3. The van der Waals surface area contributed by atoms with Crippen molar-refractivity contribution in [1.29, 1.82) is 0 Å². The minimum absolute atomic E-state index is 0.0551. The average molecular weight is 400 g/mol. The number of furan rings is 1. The number of piperidine rings is 1. The van der Waals surface area contributed by atoms with E-state index in [9.17, 15) is 9.59 Å². The topological polar surface area (TPSA) is 66.7 Å². The fraction of sp³-hybridized carbons (Fsp3) is 0.571. The second-order valence-electron chi connectivity index (χ2n) is 8.28. The SMILES string of the molecule is Cc1ncsc1C1N(C2CCN(C(=O)c3ccco3)CC2)C(=O)C12CCCC2. The van der Waals surface area contributed by atoms with Crippen molar-refractivity contribution in [2.75, 3.05) is 13.1 Å². The van der Waals surface area contributed by atoms with Gasteiger partial charge in [-0.3, -0.25) is 9.59 Å². The van der Waals surface area contributed by atoms with E-state index < -0.39 is 0 Å². The van der Waals surface area contributed by atoms with Gasteiger partial charge in [-0.25, -0.2) is 4.98 Å². The summed E-state index contributed by atoms with van der Waals surface area (Å²) < 4.78 is 5.25. The van der Waals surface area contributed by atoms with Crippen molar-refractivity contribution in [2.24, 2.45) is 5.41 Å². The van der Waals surface area contributed by atoms with E-state index in [2.05, 4.69) is 16.8 Å². The normalized spacial score (nSPS) is 24.8. The van der Waals surface area contributed by atoms with Crippen LogP contribution in [0.15, 0.2) is 28.3 Å². The zero-order valence-electron chi connectivity index (χ0n) is 16.1. The first kappa shape index (κ1) is 17.9. The lowest BCUT2D eigenvalue weighted by Crippen LogP contribution is -2.66. The van der Waals surface area contributed by atoms with Crippen LogP contribution in [0.25, 0.3) is 0 Å². The maximum Gasteiger partial charge on any atom is 0.289 e. The molecule has 28 heavy (non-hydrogen) atoms. The van der Waals surface area contributed by atoms with E-state index in [1.165, 1.54) is 11.1 Å². The number of carbonyl (C=O) groups is 2. The van der Waals surface area contributed by atoms with Crippen molar-refractivity contribution in [2.45, 2.75) is 57.5 Å². The van der Waals surface area contributed by atoms with Gasteiger partial charge in [-0.15, -0.1) is 11.3 Å². The first-order valence-corrected chi connectivity index (χ1v) is 11.1. The quantitative estimate of drug-likeness (QED) is 0.737. The van der Waals surface area contributed by atoms with Crippen LogP contribution < -0.4 is 0 Å². The molecule has 2 aromatic heterocycles. The first-order valence-electron chi connectivity index (χ1n) is 10.2. The molecule has 6 nitrogen and oxygen atoms in total. The van der Waals surface area contributed by atoms with Crippen LogP contribution in [-0.2, 0) is 4.79 Å². The van der Waals surface area contributed by atoms with Gasteiger partial charge in [0.2, 0.25) is 5.91 Å². The minimum atomic E-state index is -0.196. The van der Waals surface area contributed by atoms with E-state index in [0.717, 1.165) is 44.2 Å². The van der Waals surface area contributed by atoms with Gasteiger partial charge in [-0.2, -0.15) is 0 Å². The highest BCUT2D eigenvalue weighted by atomic mass is 32.1. The maximum absolute atomic E-state index is 13.3. The highest BCUT2D eigenvalue weighted by Gasteiger charge is 2.64. The molecule has 4 heterocycles. The molecule has 0 bridgehead atoms. The number of hydrogen-bond acceptors (Lipinski definition) is 5. The van der Waals surface area contributed by atoms with Crippen molar-refractivity contribution in [3.63, 3.8) is 0 Å². The number of amides is 2.